The first-order valence-electron chi connectivity index (χ1n) is 3.08. The number of rotatable bonds is 3. The van der Waals surface area contributed by atoms with E-state index in [1.807, 2.05) is 20.8 Å². The lowest BCUT2D eigenvalue weighted by atomic mass is 10.2. The lowest BCUT2D eigenvalue weighted by Gasteiger charge is -2.18. The highest BCUT2D eigenvalue weighted by molar-refractivity contribution is 4.67. The maximum absolute atomic E-state index is 5.15. The molecule has 0 bridgehead atoms. The minimum absolute atomic E-state index is 0.108. The highest BCUT2D eigenvalue weighted by Crippen LogP contribution is 2.02. The molecule has 0 saturated heterocycles. The molecule has 0 aromatic carbocycles. The zero-order valence-corrected chi connectivity index (χ0v) is 6.40. The van der Waals surface area contributed by atoms with Crippen LogP contribution in [-0.4, -0.2) is 12.1 Å². The summed E-state index contributed by atoms with van der Waals surface area (Å²) < 4.78 is 0. The Hall–Kier alpha value is -0.340. The molecular weight excluding hydrogens is 114 g/mol. The zero-order valence-electron chi connectivity index (χ0n) is 6.40. The van der Waals surface area contributed by atoms with Crippen molar-refractivity contribution in [3.63, 3.8) is 0 Å². The van der Waals surface area contributed by atoms with E-state index in [2.05, 4.69) is 12.1 Å². The molecule has 0 aliphatic rings. The molecule has 0 fully saturated rings. The van der Waals surface area contributed by atoms with Gasteiger partial charge in [-0.15, -0.1) is 6.58 Å². The molecule has 0 aliphatic carbocycles. The van der Waals surface area contributed by atoms with Crippen molar-refractivity contribution in [2.45, 2.75) is 26.4 Å². The van der Waals surface area contributed by atoms with Crippen LogP contribution >= 0.6 is 0 Å². The van der Waals surface area contributed by atoms with Crippen molar-refractivity contribution in [1.82, 2.24) is 5.48 Å². The molecule has 0 spiro atoms. The van der Waals surface area contributed by atoms with E-state index >= 15 is 0 Å². The van der Waals surface area contributed by atoms with Crippen molar-refractivity contribution < 1.29 is 4.84 Å². The Morgan fingerprint density at radius 2 is 2.11 bits per heavy atom. The summed E-state index contributed by atoms with van der Waals surface area (Å²) in [4.78, 5) is 5.15. The van der Waals surface area contributed by atoms with Crippen LogP contribution in [0.5, 0.6) is 0 Å². The van der Waals surface area contributed by atoms with Gasteiger partial charge in [-0.2, -0.15) is 5.48 Å². The largest absolute Gasteiger partial charge is 0.296 e. The number of hydrogen-bond donors (Lipinski definition) is 1. The van der Waals surface area contributed by atoms with Gasteiger partial charge >= 0.3 is 0 Å². The Labute approximate surface area is 56.9 Å². The second kappa shape index (κ2) is 3.64. The van der Waals surface area contributed by atoms with E-state index in [9.17, 15) is 0 Å². The van der Waals surface area contributed by atoms with Crippen molar-refractivity contribution in [2.24, 2.45) is 0 Å². The van der Waals surface area contributed by atoms with Gasteiger partial charge in [0.2, 0.25) is 0 Å². The quantitative estimate of drug-likeness (QED) is 0.354. The first-order chi connectivity index (χ1) is 4.06. The van der Waals surface area contributed by atoms with Crippen molar-refractivity contribution >= 4 is 0 Å². The van der Waals surface area contributed by atoms with Gasteiger partial charge in [0.05, 0.1) is 5.60 Å². The molecule has 54 valence electrons. The van der Waals surface area contributed by atoms with Crippen LogP contribution in [0, 0.1) is 0 Å². The van der Waals surface area contributed by atoms with E-state index < -0.39 is 0 Å². The third kappa shape index (κ3) is 7.66. The van der Waals surface area contributed by atoms with Gasteiger partial charge in [0.25, 0.3) is 0 Å². The zero-order chi connectivity index (χ0) is 7.33. The Morgan fingerprint density at radius 3 is 2.44 bits per heavy atom. The molecule has 0 aliphatic heterocycles. The summed E-state index contributed by atoms with van der Waals surface area (Å²) in [6.45, 7) is 10.2. The third-order valence-electron chi connectivity index (χ3n) is 0.606. The van der Waals surface area contributed by atoms with Crippen LogP contribution in [0.1, 0.15) is 20.8 Å². The van der Waals surface area contributed by atoms with E-state index in [1.165, 1.54) is 0 Å². The van der Waals surface area contributed by atoms with E-state index in [1.54, 1.807) is 6.08 Å². The molecule has 0 atom stereocenters. The molecule has 0 amide bonds. The summed E-state index contributed by atoms with van der Waals surface area (Å²) in [7, 11) is 0. The summed E-state index contributed by atoms with van der Waals surface area (Å²) >= 11 is 0. The Bertz CT molecular complexity index is 83.4. The highest BCUT2D eigenvalue weighted by Gasteiger charge is 2.08. The fraction of sp³-hybridized carbons (Fsp3) is 0.714. The van der Waals surface area contributed by atoms with Gasteiger partial charge in [-0.25, -0.2) is 0 Å². The maximum Gasteiger partial charge on any atom is 0.0813 e. The van der Waals surface area contributed by atoms with E-state index in [-0.39, 0.29) is 5.60 Å². The fourth-order valence-electron chi connectivity index (χ4n) is 0.317. The van der Waals surface area contributed by atoms with Gasteiger partial charge in [-0.1, -0.05) is 6.08 Å². The molecule has 1 N–H and O–H groups in total. The summed E-state index contributed by atoms with van der Waals surface area (Å²) in [5, 5.41) is 0. The predicted molar refractivity (Wildman–Crippen MR) is 39.0 cm³/mol. The number of hydrogen-bond acceptors (Lipinski definition) is 2. The van der Waals surface area contributed by atoms with Crippen LogP contribution in [-0.2, 0) is 4.84 Å². The molecule has 0 aromatic rings. The minimum atomic E-state index is -0.108. The van der Waals surface area contributed by atoms with Gasteiger partial charge in [-0.05, 0) is 20.8 Å². The minimum Gasteiger partial charge on any atom is -0.296 e. The normalized spacial score (nSPS) is 11.4. The van der Waals surface area contributed by atoms with Crippen LogP contribution in [0.25, 0.3) is 0 Å². The molecule has 0 heterocycles. The van der Waals surface area contributed by atoms with Crippen molar-refractivity contribution in [3.05, 3.63) is 12.7 Å². The maximum atomic E-state index is 5.15. The van der Waals surface area contributed by atoms with Gasteiger partial charge < -0.3 is 0 Å². The van der Waals surface area contributed by atoms with Crippen molar-refractivity contribution in [2.75, 3.05) is 6.54 Å². The van der Waals surface area contributed by atoms with Crippen LogP contribution in [0.4, 0.5) is 0 Å². The molecule has 0 rings (SSSR count). The second-order valence-corrected chi connectivity index (χ2v) is 2.85. The average Bonchev–Trinajstić information content (AvgIpc) is 1.63. The topological polar surface area (TPSA) is 21.3 Å². The molecule has 2 heteroatoms. The summed E-state index contributed by atoms with van der Waals surface area (Å²) in [5.41, 5.74) is 2.65. The van der Waals surface area contributed by atoms with Crippen LogP contribution < -0.4 is 5.48 Å². The number of hydroxylamine groups is 1. The van der Waals surface area contributed by atoms with E-state index in [0.717, 1.165) is 0 Å². The standard InChI is InChI=1S/C7H15NO/c1-5-6-8-9-7(2,3)4/h5,8H,1,6H2,2-4H3. The first-order valence-corrected chi connectivity index (χ1v) is 3.08. The van der Waals surface area contributed by atoms with Gasteiger partial charge in [-0.3, -0.25) is 4.84 Å². The molecule has 9 heavy (non-hydrogen) atoms. The number of nitrogens with one attached hydrogen (secondary N) is 1. The third-order valence-corrected chi connectivity index (χ3v) is 0.606. The Kier molecular flexibility index (Phi) is 3.50. The predicted octanol–water partition coefficient (Wildman–Crippen LogP) is 1.49. The Balaban J connectivity index is 3.17. The lowest BCUT2D eigenvalue weighted by molar-refractivity contribution is -0.0677. The van der Waals surface area contributed by atoms with Gasteiger partial charge in [0.15, 0.2) is 0 Å². The van der Waals surface area contributed by atoms with E-state index in [0.29, 0.717) is 6.54 Å². The van der Waals surface area contributed by atoms with Crippen molar-refractivity contribution in [1.29, 1.82) is 0 Å². The summed E-state index contributed by atoms with van der Waals surface area (Å²) in [6, 6.07) is 0. The SMILES string of the molecule is C=CCNOC(C)(C)C. The monoisotopic (exact) mass is 129 g/mol. The van der Waals surface area contributed by atoms with Crippen molar-refractivity contribution in [3.8, 4) is 0 Å². The smallest absolute Gasteiger partial charge is 0.0813 e. The Morgan fingerprint density at radius 1 is 1.56 bits per heavy atom. The summed E-state index contributed by atoms with van der Waals surface area (Å²) in [5.74, 6) is 0. The van der Waals surface area contributed by atoms with Gasteiger partial charge in [0, 0.05) is 6.54 Å². The van der Waals surface area contributed by atoms with E-state index in [4.69, 9.17) is 4.84 Å². The lowest BCUT2D eigenvalue weighted by Crippen LogP contribution is -2.28. The molecule has 0 radical (unpaired) electrons. The fourth-order valence-corrected chi connectivity index (χ4v) is 0.317. The first kappa shape index (κ1) is 8.66. The average molecular weight is 129 g/mol. The van der Waals surface area contributed by atoms with Crippen LogP contribution in [0.2, 0.25) is 0 Å². The van der Waals surface area contributed by atoms with Gasteiger partial charge in [0.1, 0.15) is 0 Å². The molecule has 0 saturated carbocycles. The molecule has 0 unspecified atom stereocenters. The molecule has 2 nitrogen and oxygen atoms in total. The van der Waals surface area contributed by atoms with Crippen LogP contribution in [0.15, 0.2) is 12.7 Å². The molecular formula is C7H15NO. The second-order valence-electron chi connectivity index (χ2n) is 2.85. The summed E-state index contributed by atoms with van der Waals surface area (Å²) in [6.07, 6.45) is 1.76. The molecule has 0 aromatic heterocycles. The highest BCUT2D eigenvalue weighted by atomic mass is 16.7. The van der Waals surface area contributed by atoms with Crippen LogP contribution in [0.3, 0.4) is 0 Å².